The summed E-state index contributed by atoms with van der Waals surface area (Å²) in [7, 11) is 0. The Morgan fingerprint density at radius 3 is 2.54 bits per heavy atom. The number of hydrogen-bond donors (Lipinski definition) is 2. The highest BCUT2D eigenvalue weighted by Gasteiger charge is 2.55. The van der Waals surface area contributed by atoms with E-state index >= 15 is 0 Å². The van der Waals surface area contributed by atoms with Gasteiger partial charge in [0.25, 0.3) is 0 Å². The maximum atomic E-state index is 12.8. The summed E-state index contributed by atoms with van der Waals surface area (Å²) in [5.41, 5.74) is 15.3. The Morgan fingerprint density at radius 2 is 1.81 bits per heavy atom. The predicted octanol–water partition coefficient (Wildman–Crippen LogP) is 7.80. The van der Waals surface area contributed by atoms with Crippen LogP contribution in [0.2, 0.25) is 0 Å². The van der Waals surface area contributed by atoms with Gasteiger partial charge in [-0.1, -0.05) is 70.8 Å². The third-order valence-electron chi connectivity index (χ3n) is 10.6. The third-order valence-corrected chi connectivity index (χ3v) is 10.6. The number of carbonyl (C=O) groups excluding carboxylic acids is 1. The molecule has 4 aliphatic carbocycles. The molecule has 0 heterocycles. The minimum Gasteiger partial charge on any atom is -0.458 e. The maximum absolute atomic E-state index is 12.8. The number of hydrogen-bond acceptors (Lipinski definition) is 4. The van der Waals surface area contributed by atoms with Gasteiger partial charge in [0.1, 0.15) is 6.10 Å². The Labute approximate surface area is 224 Å². The van der Waals surface area contributed by atoms with Crippen LogP contribution in [0.5, 0.6) is 0 Å². The van der Waals surface area contributed by atoms with Gasteiger partial charge in [-0.05, 0) is 91.2 Å². The lowest BCUT2D eigenvalue weighted by Gasteiger charge is -2.52. The predicted molar refractivity (Wildman–Crippen MR) is 153 cm³/mol. The molecule has 1 aromatic rings. The molecule has 0 aromatic heterocycles. The van der Waals surface area contributed by atoms with Gasteiger partial charge < -0.3 is 16.2 Å². The van der Waals surface area contributed by atoms with Crippen LogP contribution < -0.4 is 11.5 Å². The molecule has 1 aromatic carbocycles. The number of fused-ring (bicyclic) bond motifs is 5. The summed E-state index contributed by atoms with van der Waals surface area (Å²) in [6.45, 7) is 9.88. The molecule has 0 amide bonds. The molecule has 0 aliphatic heterocycles. The van der Waals surface area contributed by atoms with Crippen LogP contribution in [-0.4, -0.2) is 12.1 Å². The van der Waals surface area contributed by atoms with Gasteiger partial charge in [-0.25, -0.2) is 4.79 Å². The first-order valence-electron chi connectivity index (χ1n) is 14.9. The van der Waals surface area contributed by atoms with Gasteiger partial charge in [-0.15, -0.1) is 0 Å². The van der Waals surface area contributed by atoms with E-state index in [-0.39, 0.29) is 12.1 Å². The minimum absolute atomic E-state index is 0.0958. The molecule has 5 rings (SSSR count). The Bertz CT molecular complexity index is 1040. The van der Waals surface area contributed by atoms with Crippen molar-refractivity contribution in [2.75, 3.05) is 11.5 Å². The van der Waals surface area contributed by atoms with Crippen LogP contribution in [0.3, 0.4) is 0 Å². The van der Waals surface area contributed by atoms with Crippen molar-refractivity contribution in [3.8, 4) is 0 Å². The topological polar surface area (TPSA) is 78.3 Å². The van der Waals surface area contributed by atoms with E-state index in [9.17, 15) is 4.79 Å². The van der Waals surface area contributed by atoms with Gasteiger partial charge in [0.05, 0.1) is 5.56 Å². The second-order valence-electron chi connectivity index (χ2n) is 13.4. The summed E-state index contributed by atoms with van der Waals surface area (Å²) in [5, 5.41) is 0. The molecule has 37 heavy (non-hydrogen) atoms. The van der Waals surface area contributed by atoms with Gasteiger partial charge in [0.15, 0.2) is 0 Å². The first-order valence-corrected chi connectivity index (χ1v) is 14.9. The fourth-order valence-corrected chi connectivity index (χ4v) is 8.80. The average Bonchev–Trinajstić information content (AvgIpc) is 3.20. The van der Waals surface area contributed by atoms with E-state index in [1.165, 1.54) is 44.9 Å². The van der Waals surface area contributed by atoms with Crippen molar-refractivity contribution < 1.29 is 9.53 Å². The van der Waals surface area contributed by atoms with E-state index in [4.69, 9.17) is 16.2 Å². The zero-order valence-corrected chi connectivity index (χ0v) is 23.4. The largest absolute Gasteiger partial charge is 0.458 e. The van der Waals surface area contributed by atoms with E-state index in [0.29, 0.717) is 40.1 Å². The van der Waals surface area contributed by atoms with Crippen LogP contribution in [-0.2, 0) is 4.74 Å². The number of rotatable bonds is 7. The molecule has 2 fully saturated rings. The number of benzene rings is 1. The number of esters is 1. The van der Waals surface area contributed by atoms with Crippen molar-refractivity contribution in [3.05, 3.63) is 47.6 Å². The standard InChI is InChI=1S/C33H48N2O2/c1-20(2)6-5-7-21(3)30-12-13-31-29-10-8-22-18-26(9-11-27(22)28(29)14-15-33(30,31)4)37-32(36)23-16-24(34)19-25(35)17-23/h8,10-11,16-17,19-22,26,28-31H,5-7,9,12-15,18,34-35H2,1-4H3. The Hall–Kier alpha value is -2.23. The van der Waals surface area contributed by atoms with E-state index in [0.717, 1.165) is 36.5 Å². The van der Waals surface area contributed by atoms with Crippen molar-refractivity contribution in [2.24, 2.45) is 46.8 Å². The van der Waals surface area contributed by atoms with Gasteiger partial charge in [0, 0.05) is 23.7 Å². The Morgan fingerprint density at radius 1 is 1.05 bits per heavy atom. The van der Waals surface area contributed by atoms with E-state index in [1.807, 2.05) is 0 Å². The number of anilines is 2. The summed E-state index contributed by atoms with van der Waals surface area (Å²) in [4.78, 5) is 12.8. The molecule has 0 radical (unpaired) electrons. The van der Waals surface area contributed by atoms with E-state index < -0.39 is 0 Å². The summed E-state index contributed by atoms with van der Waals surface area (Å²) in [6.07, 6.45) is 18.7. The fourth-order valence-electron chi connectivity index (χ4n) is 8.80. The SMILES string of the molecule is CC(C)CCCC(C)C1CCC2C3C=CC4CC(OC(=O)c5cc(N)cc(N)c5)CC=C4C3CCC12C. The molecule has 8 unspecified atom stereocenters. The molecule has 0 bridgehead atoms. The first kappa shape index (κ1) is 26.4. The van der Waals surface area contributed by atoms with Gasteiger partial charge in [0.2, 0.25) is 0 Å². The molecular formula is C33H48N2O2. The number of nitrogens with two attached hydrogens (primary N) is 2. The zero-order valence-electron chi connectivity index (χ0n) is 23.4. The normalized spacial score (nSPS) is 35.3. The molecule has 202 valence electrons. The highest BCUT2D eigenvalue weighted by Crippen LogP contribution is 2.64. The molecule has 4 heteroatoms. The van der Waals surface area contributed by atoms with Crippen LogP contribution in [0, 0.1) is 46.8 Å². The van der Waals surface area contributed by atoms with Crippen LogP contribution in [0.1, 0.15) is 95.8 Å². The molecular weight excluding hydrogens is 456 g/mol. The lowest BCUT2D eigenvalue weighted by Crippen LogP contribution is -2.45. The third kappa shape index (κ3) is 5.22. The van der Waals surface area contributed by atoms with Crippen molar-refractivity contribution in [2.45, 2.75) is 91.6 Å². The number of nitrogen functional groups attached to an aromatic ring is 2. The van der Waals surface area contributed by atoms with Crippen molar-refractivity contribution in [3.63, 3.8) is 0 Å². The van der Waals surface area contributed by atoms with Crippen LogP contribution >= 0.6 is 0 Å². The molecule has 0 saturated heterocycles. The highest BCUT2D eigenvalue weighted by atomic mass is 16.5. The number of allylic oxidation sites excluding steroid dienone is 3. The zero-order chi connectivity index (χ0) is 26.3. The lowest BCUT2D eigenvalue weighted by atomic mass is 9.52. The van der Waals surface area contributed by atoms with Crippen molar-refractivity contribution >= 4 is 17.3 Å². The smallest absolute Gasteiger partial charge is 0.338 e. The van der Waals surface area contributed by atoms with Crippen molar-refractivity contribution in [1.82, 2.24) is 0 Å². The molecule has 8 atom stereocenters. The summed E-state index contributed by atoms with van der Waals surface area (Å²) in [6, 6.07) is 4.95. The first-order chi connectivity index (χ1) is 17.7. The van der Waals surface area contributed by atoms with Crippen LogP contribution in [0.25, 0.3) is 0 Å². The van der Waals surface area contributed by atoms with Gasteiger partial charge in [-0.2, -0.15) is 0 Å². The van der Waals surface area contributed by atoms with E-state index in [1.54, 1.807) is 23.8 Å². The summed E-state index contributed by atoms with van der Waals surface area (Å²) in [5.74, 6) is 4.77. The van der Waals surface area contributed by atoms with Crippen LogP contribution in [0.15, 0.2) is 42.0 Å². The van der Waals surface area contributed by atoms with Gasteiger partial charge in [-0.3, -0.25) is 0 Å². The summed E-state index contributed by atoms with van der Waals surface area (Å²) >= 11 is 0. The highest BCUT2D eigenvalue weighted by molar-refractivity contribution is 5.91. The van der Waals surface area contributed by atoms with Gasteiger partial charge >= 0.3 is 5.97 Å². The quantitative estimate of drug-likeness (QED) is 0.225. The average molecular weight is 505 g/mol. The molecule has 4 aliphatic rings. The number of carbonyl (C=O) groups is 1. The lowest BCUT2D eigenvalue weighted by molar-refractivity contribution is 0.0109. The van der Waals surface area contributed by atoms with Crippen molar-refractivity contribution in [1.29, 1.82) is 0 Å². The second-order valence-corrected chi connectivity index (χ2v) is 13.4. The molecule has 4 nitrogen and oxygen atoms in total. The molecule has 4 N–H and O–H groups in total. The number of ether oxygens (including phenoxy) is 1. The minimum atomic E-state index is -0.327. The Kier molecular flexibility index (Phi) is 7.49. The molecule has 2 saturated carbocycles. The maximum Gasteiger partial charge on any atom is 0.338 e. The fraction of sp³-hybridized carbons (Fsp3) is 0.667. The Balaban J connectivity index is 1.23. The van der Waals surface area contributed by atoms with E-state index in [2.05, 4.69) is 45.9 Å². The summed E-state index contributed by atoms with van der Waals surface area (Å²) < 4.78 is 5.92. The monoisotopic (exact) mass is 504 g/mol. The second kappa shape index (κ2) is 10.5. The molecule has 0 spiro atoms. The van der Waals surface area contributed by atoms with Crippen LogP contribution in [0.4, 0.5) is 11.4 Å².